The summed E-state index contributed by atoms with van der Waals surface area (Å²) in [5, 5.41) is 17.0. The van der Waals surface area contributed by atoms with Gasteiger partial charge in [0.2, 0.25) is 5.91 Å². The number of carbonyl (C=O) groups is 3. The minimum absolute atomic E-state index is 0.0376. The number of nitrogens with zero attached hydrogens (tertiary/aromatic N) is 1. The smallest absolute Gasteiger partial charge is 0.306 e. The molecule has 0 aromatic heterocycles. The third-order valence-corrected chi connectivity index (χ3v) is 5.61. The average molecular weight is 576 g/mol. The summed E-state index contributed by atoms with van der Waals surface area (Å²) < 4.78 is 15.6. The first-order valence-corrected chi connectivity index (χ1v) is 12.2. The van der Waals surface area contributed by atoms with Crippen LogP contribution in [0.5, 0.6) is 17.2 Å². The van der Waals surface area contributed by atoms with Crippen LogP contribution in [0, 0.1) is 10.1 Å². The Balaban J connectivity index is 1.38. The summed E-state index contributed by atoms with van der Waals surface area (Å²) in [7, 11) is 1.38. The molecule has 0 atom stereocenters. The molecule has 13 heteroatoms. The fourth-order valence-electron chi connectivity index (χ4n) is 3.21. The van der Waals surface area contributed by atoms with Gasteiger partial charge in [0.15, 0.2) is 6.61 Å². The Morgan fingerprint density at radius 3 is 2.28 bits per heavy atom. The van der Waals surface area contributed by atoms with Crippen LogP contribution in [-0.4, -0.2) is 36.4 Å². The molecule has 3 rings (SSSR count). The van der Waals surface area contributed by atoms with Gasteiger partial charge in [-0.2, -0.15) is 0 Å². The lowest BCUT2D eigenvalue weighted by atomic mass is 10.2. The number of anilines is 2. The summed E-state index contributed by atoms with van der Waals surface area (Å²) >= 11 is 12.0. The topological polar surface area (TPSA) is 146 Å². The second kappa shape index (κ2) is 14.0. The molecule has 0 bridgehead atoms. The van der Waals surface area contributed by atoms with Gasteiger partial charge in [0.05, 0.1) is 17.1 Å². The molecule has 204 valence electrons. The van der Waals surface area contributed by atoms with Crippen molar-refractivity contribution < 1.29 is 33.5 Å². The highest BCUT2D eigenvalue weighted by molar-refractivity contribution is 6.35. The molecule has 3 aromatic rings. The quantitative estimate of drug-likeness (QED) is 0.152. The Kier molecular flexibility index (Phi) is 10.5. The van der Waals surface area contributed by atoms with Gasteiger partial charge in [-0.05, 0) is 55.0 Å². The molecule has 0 saturated carbocycles. The summed E-state index contributed by atoms with van der Waals surface area (Å²) in [5.74, 6) is -0.531. The second-order valence-corrected chi connectivity index (χ2v) is 8.80. The maximum Gasteiger partial charge on any atom is 0.306 e. The first-order valence-electron chi connectivity index (χ1n) is 11.5. The number of hydrogen-bond acceptors (Lipinski definition) is 8. The molecule has 2 N–H and O–H groups in total. The van der Waals surface area contributed by atoms with Gasteiger partial charge in [-0.25, -0.2) is 0 Å². The van der Waals surface area contributed by atoms with Crippen LogP contribution >= 0.6 is 23.2 Å². The van der Waals surface area contributed by atoms with Gasteiger partial charge in [0.1, 0.15) is 22.9 Å². The highest BCUT2D eigenvalue weighted by Gasteiger charge is 2.18. The number of nitro benzene ring substituents is 1. The van der Waals surface area contributed by atoms with E-state index in [-0.39, 0.29) is 36.5 Å². The van der Waals surface area contributed by atoms with Gasteiger partial charge in [-0.3, -0.25) is 24.5 Å². The van der Waals surface area contributed by atoms with Crippen LogP contribution in [0.4, 0.5) is 17.1 Å². The van der Waals surface area contributed by atoms with Crippen molar-refractivity contribution in [2.75, 3.05) is 24.4 Å². The zero-order chi connectivity index (χ0) is 28.4. The predicted molar refractivity (Wildman–Crippen MR) is 145 cm³/mol. The Hall–Kier alpha value is -4.35. The van der Waals surface area contributed by atoms with E-state index in [2.05, 4.69) is 10.6 Å². The van der Waals surface area contributed by atoms with Crippen molar-refractivity contribution >= 4 is 58.0 Å². The molecule has 0 aliphatic rings. The molecule has 39 heavy (non-hydrogen) atoms. The van der Waals surface area contributed by atoms with E-state index in [1.807, 2.05) is 0 Å². The maximum atomic E-state index is 12.2. The van der Waals surface area contributed by atoms with Crippen LogP contribution in [0.3, 0.4) is 0 Å². The molecular formula is C26H23Cl2N3O8. The van der Waals surface area contributed by atoms with Crippen LogP contribution in [0.1, 0.15) is 19.3 Å². The number of rotatable bonds is 12. The molecule has 0 radical (unpaired) electrons. The number of amides is 2. The number of ether oxygens (including phenoxy) is 3. The van der Waals surface area contributed by atoms with Crippen molar-refractivity contribution in [3.63, 3.8) is 0 Å². The van der Waals surface area contributed by atoms with Crippen molar-refractivity contribution in [1.82, 2.24) is 0 Å². The number of methoxy groups -OCH3 is 1. The van der Waals surface area contributed by atoms with Crippen LogP contribution in [0.15, 0.2) is 60.7 Å². The van der Waals surface area contributed by atoms with E-state index in [1.165, 1.54) is 25.3 Å². The molecule has 11 nitrogen and oxygen atoms in total. The van der Waals surface area contributed by atoms with E-state index in [9.17, 15) is 24.5 Å². The normalized spacial score (nSPS) is 10.3. The van der Waals surface area contributed by atoms with E-state index < -0.39 is 23.4 Å². The number of carbonyl (C=O) groups excluding carboxylic acids is 3. The summed E-state index contributed by atoms with van der Waals surface area (Å²) in [6.45, 7) is -0.644. The molecule has 0 heterocycles. The predicted octanol–water partition coefficient (Wildman–Crippen LogP) is 5.99. The minimum Gasteiger partial charge on any atom is -0.497 e. The number of nitrogens with one attached hydrogen (secondary N) is 2. The van der Waals surface area contributed by atoms with Crippen molar-refractivity contribution in [3.05, 3.63) is 80.8 Å². The van der Waals surface area contributed by atoms with Gasteiger partial charge in [-0.1, -0.05) is 23.2 Å². The lowest BCUT2D eigenvalue weighted by Gasteiger charge is -2.10. The highest BCUT2D eigenvalue weighted by Crippen LogP contribution is 2.32. The number of nitro groups is 1. The lowest BCUT2D eigenvalue weighted by molar-refractivity contribution is -0.383. The van der Waals surface area contributed by atoms with E-state index in [4.69, 9.17) is 37.4 Å². The molecule has 0 saturated heterocycles. The average Bonchev–Trinajstić information content (AvgIpc) is 2.90. The molecule has 0 aliphatic carbocycles. The number of esters is 1. The standard InChI is InChI=1S/C26H23Cl2N3O8/c1-37-19-10-11-22(31(35)36)21(14-19)30-25(33)15-38-26(34)4-2-3-24(32)29-17-6-8-18(9-7-17)39-23-12-5-16(27)13-20(23)28/h5-14H,2-4,15H2,1H3,(H,29,32)(H,30,33). The van der Waals surface area contributed by atoms with Gasteiger partial charge < -0.3 is 24.8 Å². The van der Waals surface area contributed by atoms with Crippen LogP contribution in [-0.2, 0) is 19.1 Å². The third-order valence-electron chi connectivity index (χ3n) is 5.08. The first-order chi connectivity index (χ1) is 18.6. The summed E-state index contributed by atoms with van der Waals surface area (Å²) in [6, 6.07) is 15.3. The van der Waals surface area contributed by atoms with E-state index in [0.717, 1.165) is 0 Å². The van der Waals surface area contributed by atoms with Gasteiger partial charge in [0.25, 0.3) is 11.6 Å². The van der Waals surface area contributed by atoms with Gasteiger partial charge in [0, 0.05) is 35.7 Å². The molecule has 0 aliphatic heterocycles. The second-order valence-electron chi connectivity index (χ2n) is 7.95. The zero-order valence-electron chi connectivity index (χ0n) is 20.6. The third kappa shape index (κ3) is 9.16. The van der Waals surface area contributed by atoms with E-state index in [0.29, 0.717) is 33.0 Å². The Morgan fingerprint density at radius 2 is 1.62 bits per heavy atom. The fourth-order valence-corrected chi connectivity index (χ4v) is 3.66. The summed E-state index contributed by atoms with van der Waals surface area (Å²) in [6.07, 6.45) is 0.120. The Morgan fingerprint density at radius 1 is 0.897 bits per heavy atom. The lowest BCUT2D eigenvalue weighted by Crippen LogP contribution is -2.21. The van der Waals surface area contributed by atoms with Crippen molar-refractivity contribution in [1.29, 1.82) is 0 Å². The van der Waals surface area contributed by atoms with Crippen LogP contribution < -0.4 is 20.1 Å². The van der Waals surface area contributed by atoms with E-state index >= 15 is 0 Å². The van der Waals surface area contributed by atoms with Gasteiger partial charge in [-0.15, -0.1) is 0 Å². The minimum atomic E-state index is -0.761. The Labute approximate surface area is 233 Å². The van der Waals surface area contributed by atoms with Gasteiger partial charge >= 0.3 is 5.97 Å². The number of benzene rings is 3. The summed E-state index contributed by atoms with van der Waals surface area (Å²) in [4.78, 5) is 46.7. The van der Waals surface area contributed by atoms with Crippen molar-refractivity contribution in [2.45, 2.75) is 19.3 Å². The highest BCUT2D eigenvalue weighted by atomic mass is 35.5. The van der Waals surface area contributed by atoms with E-state index in [1.54, 1.807) is 42.5 Å². The zero-order valence-corrected chi connectivity index (χ0v) is 22.1. The number of hydrogen-bond donors (Lipinski definition) is 2. The molecule has 0 unspecified atom stereocenters. The van der Waals surface area contributed by atoms with Crippen molar-refractivity contribution in [2.24, 2.45) is 0 Å². The summed E-state index contributed by atoms with van der Waals surface area (Å²) in [5.41, 5.74) is 0.0977. The monoisotopic (exact) mass is 575 g/mol. The fraction of sp³-hybridized carbons (Fsp3) is 0.192. The largest absolute Gasteiger partial charge is 0.497 e. The molecular weight excluding hydrogens is 553 g/mol. The SMILES string of the molecule is COc1ccc([N+](=O)[O-])c(NC(=O)COC(=O)CCCC(=O)Nc2ccc(Oc3ccc(Cl)cc3Cl)cc2)c1. The molecule has 3 aromatic carbocycles. The molecule has 2 amide bonds. The van der Waals surface area contributed by atoms with Crippen LogP contribution in [0.25, 0.3) is 0 Å². The maximum absolute atomic E-state index is 12.2. The Bertz CT molecular complexity index is 1370. The first kappa shape index (κ1) is 29.2. The van der Waals surface area contributed by atoms with Crippen molar-refractivity contribution in [3.8, 4) is 17.2 Å². The van der Waals surface area contributed by atoms with Crippen LogP contribution in [0.2, 0.25) is 10.0 Å². The molecule has 0 spiro atoms. The number of halogens is 2. The molecule has 0 fully saturated rings.